The predicted octanol–water partition coefficient (Wildman–Crippen LogP) is 3.85. The van der Waals surface area contributed by atoms with Gasteiger partial charge >= 0.3 is 5.97 Å². The number of aromatic nitrogens is 1. The van der Waals surface area contributed by atoms with E-state index in [1.807, 2.05) is 26.8 Å². The van der Waals surface area contributed by atoms with Crippen molar-refractivity contribution in [3.63, 3.8) is 0 Å². The van der Waals surface area contributed by atoms with E-state index >= 15 is 0 Å². The van der Waals surface area contributed by atoms with Crippen molar-refractivity contribution in [1.82, 2.24) is 10.3 Å². The highest BCUT2D eigenvalue weighted by Crippen LogP contribution is 2.28. The Kier molecular flexibility index (Phi) is 10.2. The van der Waals surface area contributed by atoms with Crippen LogP contribution in [0.15, 0.2) is 40.1 Å². The number of hydrogen-bond acceptors (Lipinski definition) is 7. The largest absolute Gasteiger partial charge is 0.503 e. The first-order chi connectivity index (χ1) is 14.5. The fourth-order valence-corrected chi connectivity index (χ4v) is 3.31. The minimum Gasteiger partial charge on any atom is -0.503 e. The Morgan fingerprint density at radius 1 is 1.29 bits per heavy atom. The monoisotopic (exact) mass is 451 g/mol. The van der Waals surface area contributed by atoms with Crippen LogP contribution < -0.4 is 10.1 Å². The van der Waals surface area contributed by atoms with Crippen molar-refractivity contribution in [2.75, 3.05) is 7.11 Å². The molecule has 1 heterocycles. The summed E-state index contributed by atoms with van der Waals surface area (Å²) in [6.45, 7) is 12.6. The van der Waals surface area contributed by atoms with Gasteiger partial charge < -0.3 is 19.9 Å². The van der Waals surface area contributed by atoms with E-state index < -0.39 is 29.8 Å². The molecule has 0 aliphatic rings. The van der Waals surface area contributed by atoms with Gasteiger partial charge in [0.1, 0.15) is 17.3 Å². The molecule has 170 valence electrons. The number of aliphatic imine (C=N–C) groups is 1. The zero-order chi connectivity index (χ0) is 23.7. The van der Waals surface area contributed by atoms with Crippen LogP contribution in [0, 0.1) is 11.8 Å². The maximum atomic E-state index is 12.6. The molecule has 0 spiro atoms. The Morgan fingerprint density at radius 2 is 1.94 bits per heavy atom. The van der Waals surface area contributed by atoms with E-state index in [0.29, 0.717) is 0 Å². The molecule has 1 aromatic heterocycles. The summed E-state index contributed by atoms with van der Waals surface area (Å²) in [5.74, 6) is -1.54. The highest BCUT2D eigenvalue weighted by atomic mass is 35.5. The van der Waals surface area contributed by atoms with Crippen LogP contribution in [-0.2, 0) is 9.53 Å². The average molecular weight is 452 g/mol. The molecule has 0 aliphatic carbocycles. The van der Waals surface area contributed by atoms with Crippen LogP contribution in [0.5, 0.6) is 11.5 Å². The molecular formula is C22H30ClN3O5. The van der Waals surface area contributed by atoms with Crippen molar-refractivity contribution in [3.05, 3.63) is 40.8 Å². The zero-order valence-corrected chi connectivity index (χ0v) is 19.4. The minimum absolute atomic E-state index is 0.0820. The van der Waals surface area contributed by atoms with Gasteiger partial charge in [0.2, 0.25) is 0 Å². The molecule has 0 aliphatic heterocycles. The van der Waals surface area contributed by atoms with Crippen molar-refractivity contribution in [2.24, 2.45) is 16.8 Å². The molecule has 0 saturated heterocycles. The van der Waals surface area contributed by atoms with Gasteiger partial charge in [-0.1, -0.05) is 37.1 Å². The summed E-state index contributed by atoms with van der Waals surface area (Å²) in [5.41, 5.74) is 0.713. The molecule has 9 heteroatoms. The van der Waals surface area contributed by atoms with Gasteiger partial charge in [0.15, 0.2) is 17.2 Å². The van der Waals surface area contributed by atoms with E-state index in [4.69, 9.17) is 21.1 Å². The van der Waals surface area contributed by atoms with Crippen LogP contribution in [0.2, 0.25) is 0 Å². The molecule has 0 aromatic carbocycles. The molecule has 2 N–H and O–H groups in total. The third-order valence-corrected chi connectivity index (χ3v) is 4.96. The first-order valence-electron chi connectivity index (χ1n) is 9.77. The number of allylic oxidation sites excluding steroid dienone is 2. The van der Waals surface area contributed by atoms with E-state index in [1.54, 1.807) is 13.0 Å². The van der Waals surface area contributed by atoms with Crippen LogP contribution in [-0.4, -0.2) is 47.9 Å². The lowest BCUT2D eigenvalue weighted by Crippen LogP contribution is -2.42. The third-order valence-electron chi connectivity index (χ3n) is 4.71. The summed E-state index contributed by atoms with van der Waals surface area (Å²) in [7, 11) is 1.36. The molecule has 1 rings (SSSR count). The van der Waals surface area contributed by atoms with Crippen molar-refractivity contribution in [3.8, 4) is 11.5 Å². The number of carbonyl (C=O) groups is 2. The first kappa shape index (κ1) is 26.2. The van der Waals surface area contributed by atoms with Gasteiger partial charge in [-0.25, -0.2) is 9.78 Å². The lowest BCUT2D eigenvalue weighted by molar-refractivity contribution is -0.152. The van der Waals surface area contributed by atoms with Crippen molar-refractivity contribution in [2.45, 2.75) is 46.8 Å². The second-order valence-corrected chi connectivity index (χ2v) is 7.76. The number of hydrogen-bond donors (Lipinski definition) is 2. The maximum absolute atomic E-state index is 12.6. The number of esters is 1. The summed E-state index contributed by atoms with van der Waals surface area (Å²) in [4.78, 5) is 32.5. The highest BCUT2D eigenvalue weighted by molar-refractivity contribution is 6.29. The summed E-state index contributed by atoms with van der Waals surface area (Å²) < 4.78 is 10.6. The second-order valence-electron chi connectivity index (χ2n) is 7.38. The highest BCUT2D eigenvalue weighted by Gasteiger charge is 2.28. The van der Waals surface area contributed by atoms with Crippen LogP contribution in [0.3, 0.4) is 0 Å². The molecule has 0 bridgehead atoms. The Hall–Kier alpha value is -2.87. The number of rotatable bonds is 10. The predicted molar refractivity (Wildman–Crippen MR) is 121 cm³/mol. The molecule has 31 heavy (non-hydrogen) atoms. The van der Waals surface area contributed by atoms with Gasteiger partial charge in [0, 0.05) is 18.2 Å². The Morgan fingerprint density at radius 3 is 2.48 bits per heavy atom. The number of halogens is 1. The standard InChI is InChI=1S/C22H30ClN3O5/c1-12(2)18(13(3)8-9-17(23)24-6)15(5)31-22(29)14(4)26-21(28)19-20(27)16(30-7)10-11-25-19/h8-12,14-15,18,27H,6H2,1-5,7H3,(H,26,28)/b13-8+,17-9-/t14-,15?,18?/m0/s1. The fourth-order valence-electron chi connectivity index (χ4n) is 3.25. The van der Waals surface area contributed by atoms with E-state index in [1.165, 1.54) is 26.3 Å². The van der Waals surface area contributed by atoms with E-state index in [9.17, 15) is 14.7 Å². The molecule has 0 saturated carbocycles. The number of methoxy groups -OCH3 is 1. The third kappa shape index (κ3) is 7.40. The van der Waals surface area contributed by atoms with Crippen molar-refractivity contribution < 1.29 is 24.2 Å². The Bertz CT molecular complexity index is 867. The van der Waals surface area contributed by atoms with Crippen LogP contribution in [0.4, 0.5) is 0 Å². The molecular weight excluding hydrogens is 422 g/mol. The van der Waals surface area contributed by atoms with Gasteiger partial charge in [0.05, 0.1) is 7.11 Å². The quantitative estimate of drug-likeness (QED) is 0.242. The zero-order valence-electron chi connectivity index (χ0n) is 18.7. The average Bonchev–Trinajstić information content (AvgIpc) is 2.71. The summed E-state index contributed by atoms with van der Waals surface area (Å²) in [5, 5.41) is 12.8. The van der Waals surface area contributed by atoms with Gasteiger partial charge in [0.25, 0.3) is 5.91 Å². The summed E-state index contributed by atoms with van der Waals surface area (Å²) in [6.07, 6.45) is 4.30. The van der Waals surface area contributed by atoms with Gasteiger partial charge in [-0.05, 0) is 39.5 Å². The molecule has 2 unspecified atom stereocenters. The molecule has 0 radical (unpaired) electrons. The molecule has 8 nitrogen and oxygen atoms in total. The topological polar surface area (TPSA) is 110 Å². The van der Waals surface area contributed by atoms with Gasteiger partial charge in [-0.3, -0.25) is 9.79 Å². The molecule has 1 aromatic rings. The first-order valence-corrected chi connectivity index (χ1v) is 10.1. The van der Waals surface area contributed by atoms with E-state index in [-0.39, 0.29) is 28.4 Å². The molecule has 3 atom stereocenters. The normalized spacial score (nSPS) is 15.1. The number of pyridine rings is 1. The smallest absolute Gasteiger partial charge is 0.328 e. The van der Waals surface area contributed by atoms with E-state index in [0.717, 1.165) is 5.57 Å². The summed E-state index contributed by atoms with van der Waals surface area (Å²) in [6, 6.07) is 0.458. The number of amides is 1. The lowest BCUT2D eigenvalue weighted by Gasteiger charge is -2.29. The Labute approximate surface area is 188 Å². The molecule has 1 amide bonds. The minimum atomic E-state index is -0.959. The summed E-state index contributed by atoms with van der Waals surface area (Å²) >= 11 is 5.86. The molecule has 0 fully saturated rings. The SMILES string of the molecule is C=N/C(Cl)=C\C=C(/C)C(C(C)C)C(C)OC(=O)[C@H](C)NC(=O)c1nccc(OC)c1O. The maximum Gasteiger partial charge on any atom is 0.328 e. The van der Waals surface area contributed by atoms with Crippen molar-refractivity contribution >= 4 is 30.2 Å². The van der Waals surface area contributed by atoms with Crippen molar-refractivity contribution in [1.29, 1.82) is 0 Å². The van der Waals surface area contributed by atoms with E-state index in [2.05, 4.69) is 22.0 Å². The Balaban J connectivity index is 2.88. The van der Waals surface area contributed by atoms with Gasteiger partial charge in [-0.15, -0.1) is 0 Å². The number of ether oxygens (including phenoxy) is 2. The van der Waals surface area contributed by atoms with Crippen LogP contribution in [0.25, 0.3) is 0 Å². The number of aromatic hydroxyl groups is 1. The number of nitrogens with zero attached hydrogens (tertiary/aromatic N) is 2. The van der Waals surface area contributed by atoms with Crippen LogP contribution >= 0.6 is 11.6 Å². The number of nitrogens with one attached hydrogen (secondary N) is 1. The van der Waals surface area contributed by atoms with Crippen LogP contribution in [0.1, 0.15) is 45.1 Å². The number of carbonyl (C=O) groups excluding carboxylic acids is 2. The fraction of sp³-hybridized carbons (Fsp3) is 0.455. The lowest BCUT2D eigenvalue weighted by atomic mass is 9.84. The van der Waals surface area contributed by atoms with Gasteiger partial charge in [-0.2, -0.15) is 0 Å². The second kappa shape index (κ2) is 12.1.